The molecule has 39 heavy (non-hydrogen) atoms. The van der Waals surface area contributed by atoms with Gasteiger partial charge in [0.25, 0.3) is 5.91 Å². The lowest BCUT2D eigenvalue weighted by Crippen LogP contribution is -2.74. The van der Waals surface area contributed by atoms with Crippen LogP contribution in [-0.2, 0) is 14.3 Å². The molecule has 216 valence electrons. The Balaban J connectivity index is 1.19. The summed E-state index contributed by atoms with van der Waals surface area (Å²) in [6, 6.07) is -0.743. The molecule has 7 aliphatic rings. The summed E-state index contributed by atoms with van der Waals surface area (Å²) in [5.41, 5.74) is 0.190. The fourth-order valence-corrected chi connectivity index (χ4v) is 9.37. The molecule has 7 rings (SSSR count). The number of nitrogens with zero attached hydrogens (tertiary/aromatic N) is 3. The van der Waals surface area contributed by atoms with Crippen molar-refractivity contribution in [3.63, 3.8) is 0 Å². The maximum atomic E-state index is 16.1. The largest absolute Gasteiger partial charge is 0.378 e. The van der Waals surface area contributed by atoms with Crippen LogP contribution in [0.3, 0.4) is 0 Å². The zero-order chi connectivity index (χ0) is 26.7. The lowest BCUT2D eigenvalue weighted by atomic mass is 9.64. The monoisotopic (exact) mass is 544 g/mol. The number of carbonyl (C=O) groups excluding carboxylic acids is 2. The lowest BCUT2D eigenvalue weighted by Gasteiger charge is -2.61. The van der Waals surface area contributed by atoms with E-state index < -0.39 is 30.5 Å². The first-order chi connectivity index (χ1) is 19.0. The summed E-state index contributed by atoms with van der Waals surface area (Å²) in [4.78, 5) is 33.7. The second-order valence-corrected chi connectivity index (χ2v) is 13.3. The van der Waals surface area contributed by atoms with E-state index in [4.69, 9.17) is 4.74 Å². The number of halogens is 1. The number of likely N-dealkylation sites (tertiary alicyclic amines) is 2. The molecule has 0 radical (unpaired) electrons. The number of amides is 1. The van der Waals surface area contributed by atoms with Gasteiger partial charge in [0.05, 0.1) is 35.9 Å². The molecule has 3 saturated carbocycles. The van der Waals surface area contributed by atoms with E-state index in [0.717, 1.165) is 38.9 Å². The number of carbonyl (C=O) groups is 2. The Kier molecular flexibility index (Phi) is 7.23. The summed E-state index contributed by atoms with van der Waals surface area (Å²) in [5.74, 6) is 0.121. The number of Topliss-reactive ketones (excluding diaryl/α,β-unsaturated/α-hetero) is 1. The van der Waals surface area contributed by atoms with Crippen molar-refractivity contribution in [1.29, 1.82) is 0 Å². The summed E-state index contributed by atoms with van der Waals surface area (Å²) >= 11 is 0. The Morgan fingerprint density at radius 3 is 2.51 bits per heavy atom. The predicted molar refractivity (Wildman–Crippen MR) is 143 cm³/mol. The third kappa shape index (κ3) is 4.65. The molecule has 4 heterocycles. The molecule has 0 aromatic rings. The zero-order valence-corrected chi connectivity index (χ0v) is 23.1. The SMILES string of the molecule is O=C(NCCN1CCCC1)C1=CN2C3CC4CCCCC4CC3OC3C2C(CC(F)C3N2CCCC2O)C1=O. The van der Waals surface area contributed by atoms with Gasteiger partial charge in [-0.3, -0.25) is 14.5 Å². The van der Waals surface area contributed by atoms with Gasteiger partial charge in [-0.15, -0.1) is 0 Å². The fraction of sp³-hybridized carbons (Fsp3) is 0.867. The van der Waals surface area contributed by atoms with E-state index in [1.165, 1.54) is 38.5 Å². The third-order valence-electron chi connectivity index (χ3n) is 11.3. The van der Waals surface area contributed by atoms with E-state index in [9.17, 15) is 14.7 Å². The molecule has 0 spiro atoms. The second-order valence-electron chi connectivity index (χ2n) is 13.3. The quantitative estimate of drug-likeness (QED) is 0.514. The van der Waals surface area contributed by atoms with Crippen LogP contribution in [0.25, 0.3) is 0 Å². The minimum Gasteiger partial charge on any atom is -0.378 e. The smallest absolute Gasteiger partial charge is 0.256 e. The zero-order valence-electron chi connectivity index (χ0n) is 23.1. The van der Waals surface area contributed by atoms with E-state index in [-0.39, 0.29) is 41.9 Å². The van der Waals surface area contributed by atoms with Crippen molar-refractivity contribution in [1.82, 2.24) is 20.0 Å². The first kappa shape index (κ1) is 26.4. The number of hydrogen-bond donors (Lipinski definition) is 2. The van der Waals surface area contributed by atoms with Gasteiger partial charge in [-0.1, -0.05) is 25.7 Å². The summed E-state index contributed by atoms with van der Waals surface area (Å²) in [6.45, 7) is 4.08. The molecule has 4 aliphatic heterocycles. The van der Waals surface area contributed by atoms with Gasteiger partial charge in [0, 0.05) is 31.8 Å². The number of hydrogen-bond acceptors (Lipinski definition) is 7. The van der Waals surface area contributed by atoms with Crippen molar-refractivity contribution in [2.75, 3.05) is 32.7 Å². The van der Waals surface area contributed by atoms with Gasteiger partial charge < -0.3 is 25.0 Å². The van der Waals surface area contributed by atoms with Crippen LogP contribution in [0.1, 0.15) is 70.6 Å². The average Bonchev–Trinajstić information content (AvgIpc) is 3.61. The Morgan fingerprint density at radius 1 is 1.00 bits per heavy atom. The molecule has 9 heteroatoms. The van der Waals surface area contributed by atoms with Gasteiger partial charge in [0.15, 0.2) is 5.78 Å². The van der Waals surface area contributed by atoms with E-state index >= 15 is 4.39 Å². The summed E-state index contributed by atoms with van der Waals surface area (Å²) in [6.07, 6.45) is 10.3. The molecule has 2 N–H and O–H groups in total. The standard InChI is InChI=1S/C30H45FN4O4/c31-22-16-20-26-29(27(22)34-12-5-8-25(34)36)39-24-15-19-7-2-1-6-18(19)14-23(24)35(26)17-21(28(20)37)30(38)32-9-13-33-10-3-4-11-33/h17-20,22-27,29,36H,1-16H2,(H,32,38). The molecule has 10 atom stereocenters. The van der Waals surface area contributed by atoms with E-state index in [1.807, 2.05) is 11.1 Å². The molecule has 6 fully saturated rings. The molecule has 0 aromatic carbocycles. The van der Waals surface area contributed by atoms with Gasteiger partial charge in [-0.25, -0.2) is 4.39 Å². The molecule has 1 amide bonds. The number of alkyl halides is 1. The van der Waals surface area contributed by atoms with E-state index in [0.29, 0.717) is 31.3 Å². The minimum atomic E-state index is -1.28. The van der Waals surface area contributed by atoms with Crippen molar-refractivity contribution in [3.8, 4) is 0 Å². The van der Waals surface area contributed by atoms with Gasteiger partial charge >= 0.3 is 0 Å². The van der Waals surface area contributed by atoms with Gasteiger partial charge in [-0.2, -0.15) is 0 Å². The number of ketones is 1. The van der Waals surface area contributed by atoms with Crippen molar-refractivity contribution in [2.24, 2.45) is 17.8 Å². The number of ether oxygens (including phenoxy) is 1. The molecule has 8 nitrogen and oxygen atoms in total. The number of aliphatic hydroxyl groups excluding tert-OH is 1. The summed E-state index contributed by atoms with van der Waals surface area (Å²) < 4.78 is 22.9. The Morgan fingerprint density at radius 2 is 1.77 bits per heavy atom. The summed E-state index contributed by atoms with van der Waals surface area (Å²) in [5, 5.41) is 13.7. The van der Waals surface area contributed by atoms with Crippen LogP contribution in [-0.4, -0.2) is 107 Å². The number of nitrogens with one attached hydrogen (secondary N) is 1. The Labute approximate surface area is 231 Å². The van der Waals surface area contributed by atoms with Crippen LogP contribution >= 0.6 is 0 Å². The molecular weight excluding hydrogens is 499 g/mol. The minimum absolute atomic E-state index is 0.0391. The number of aliphatic hydroxyl groups is 1. The normalized spacial score (nSPS) is 44.4. The molecular formula is C30H45FN4O4. The number of rotatable bonds is 5. The third-order valence-corrected chi connectivity index (χ3v) is 11.3. The maximum absolute atomic E-state index is 16.1. The fourth-order valence-electron chi connectivity index (χ4n) is 9.37. The average molecular weight is 545 g/mol. The summed E-state index contributed by atoms with van der Waals surface area (Å²) in [7, 11) is 0. The van der Waals surface area contributed by atoms with Crippen LogP contribution in [0.4, 0.5) is 4.39 Å². The van der Waals surface area contributed by atoms with Crippen LogP contribution in [0.15, 0.2) is 11.8 Å². The van der Waals surface area contributed by atoms with Gasteiger partial charge in [0.2, 0.25) is 0 Å². The van der Waals surface area contributed by atoms with Crippen LogP contribution in [0, 0.1) is 17.8 Å². The Hall–Kier alpha value is -1.55. The maximum Gasteiger partial charge on any atom is 0.256 e. The molecule has 0 aromatic heterocycles. The van der Waals surface area contributed by atoms with Crippen molar-refractivity contribution in [3.05, 3.63) is 11.8 Å². The highest BCUT2D eigenvalue weighted by atomic mass is 19.1. The topological polar surface area (TPSA) is 85.3 Å². The first-order valence-electron chi connectivity index (χ1n) is 15.8. The second kappa shape index (κ2) is 10.7. The molecule has 0 bridgehead atoms. The van der Waals surface area contributed by atoms with E-state index in [1.54, 1.807) is 0 Å². The van der Waals surface area contributed by atoms with Crippen molar-refractivity contribution in [2.45, 2.75) is 113 Å². The highest BCUT2D eigenvalue weighted by Crippen LogP contribution is 2.51. The van der Waals surface area contributed by atoms with E-state index in [2.05, 4.69) is 15.1 Å². The predicted octanol–water partition coefficient (Wildman–Crippen LogP) is 2.21. The van der Waals surface area contributed by atoms with Crippen LogP contribution in [0.5, 0.6) is 0 Å². The lowest BCUT2D eigenvalue weighted by molar-refractivity contribution is -0.227. The van der Waals surface area contributed by atoms with Crippen LogP contribution < -0.4 is 5.32 Å². The molecule has 10 unspecified atom stereocenters. The van der Waals surface area contributed by atoms with Gasteiger partial charge in [-0.05, 0) is 69.9 Å². The molecule has 3 saturated heterocycles. The number of morpholine rings is 1. The molecule has 3 aliphatic carbocycles. The highest BCUT2D eigenvalue weighted by Gasteiger charge is 2.61. The van der Waals surface area contributed by atoms with Gasteiger partial charge in [0.1, 0.15) is 12.4 Å². The van der Waals surface area contributed by atoms with Crippen molar-refractivity contribution >= 4 is 11.7 Å². The Bertz CT molecular complexity index is 988. The van der Waals surface area contributed by atoms with Crippen molar-refractivity contribution < 1.29 is 23.8 Å². The first-order valence-corrected chi connectivity index (χ1v) is 15.8. The number of fused-ring (bicyclic) bond motifs is 3. The highest BCUT2D eigenvalue weighted by molar-refractivity contribution is 6.20. The van der Waals surface area contributed by atoms with Crippen LogP contribution in [0.2, 0.25) is 0 Å².